The minimum atomic E-state index is 0.488. The number of hydrogen-bond donors (Lipinski definition) is 0. The molecule has 2 rings (SSSR count). The monoisotopic (exact) mass is 271 g/mol. The van der Waals surface area contributed by atoms with Gasteiger partial charge in [0.25, 0.3) is 0 Å². The Balaban J connectivity index is 2.82. The van der Waals surface area contributed by atoms with E-state index >= 15 is 0 Å². The van der Waals surface area contributed by atoms with E-state index in [0.29, 0.717) is 5.15 Å². The van der Waals surface area contributed by atoms with Crippen molar-refractivity contribution in [3.8, 4) is 5.75 Å². The molecule has 0 radical (unpaired) electrons. The Bertz CT molecular complexity index is 487. The third-order valence-electron chi connectivity index (χ3n) is 1.98. The Hall–Kier alpha value is -0.800. The van der Waals surface area contributed by atoms with Gasteiger partial charge in [-0.1, -0.05) is 17.7 Å². The highest BCUT2D eigenvalue weighted by molar-refractivity contribution is 9.10. The van der Waals surface area contributed by atoms with E-state index in [2.05, 4.69) is 20.9 Å². The zero-order valence-electron chi connectivity index (χ0n) is 7.42. The second-order valence-electron chi connectivity index (χ2n) is 2.81. The maximum atomic E-state index is 5.79. The SMILES string of the molecule is COc1c(Br)ccc2cc(Cl)ncc12. The number of fused-ring (bicyclic) bond motifs is 1. The predicted molar refractivity (Wildman–Crippen MR) is 61.0 cm³/mol. The zero-order chi connectivity index (χ0) is 10.1. The lowest BCUT2D eigenvalue weighted by Gasteiger charge is -2.07. The minimum Gasteiger partial charge on any atom is -0.495 e. The van der Waals surface area contributed by atoms with Gasteiger partial charge >= 0.3 is 0 Å². The Morgan fingerprint density at radius 2 is 2.21 bits per heavy atom. The number of halogens is 2. The molecule has 0 amide bonds. The molecule has 0 saturated carbocycles. The van der Waals surface area contributed by atoms with Gasteiger partial charge in [-0.05, 0) is 33.4 Å². The van der Waals surface area contributed by atoms with Crippen LogP contribution in [0.3, 0.4) is 0 Å². The van der Waals surface area contributed by atoms with Crippen LogP contribution in [0.5, 0.6) is 5.75 Å². The summed E-state index contributed by atoms with van der Waals surface area (Å²) < 4.78 is 6.18. The summed E-state index contributed by atoms with van der Waals surface area (Å²) in [5.74, 6) is 0.784. The fraction of sp³-hybridized carbons (Fsp3) is 0.100. The van der Waals surface area contributed by atoms with Gasteiger partial charge in [-0.15, -0.1) is 0 Å². The average Bonchev–Trinajstić information content (AvgIpc) is 2.18. The maximum absolute atomic E-state index is 5.79. The third kappa shape index (κ3) is 1.57. The molecule has 1 heterocycles. The topological polar surface area (TPSA) is 22.1 Å². The molecule has 0 N–H and O–H groups in total. The summed E-state index contributed by atoms with van der Waals surface area (Å²) in [7, 11) is 1.63. The highest BCUT2D eigenvalue weighted by Gasteiger charge is 2.06. The molecule has 2 nitrogen and oxygen atoms in total. The van der Waals surface area contributed by atoms with Crippen LogP contribution in [0.15, 0.2) is 28.9 Å². The fourth-order valence-corrected chi connectivity index (χ4v) is 2.02. The standard InChI is InChI=1S/C10H7BrClNO/c1-14-10-7-5-13-9(12)4-6(7)2-3-8(10)11/h2-5H,1H3. The molecule has 0 aliphatic heterocycles. The summed E-state index contributed by atoms with van der Waals surface area (Å²) in [6.07, 6.45) is 1.71. The molecule has 1 aromatic carbocycles. The number of aromatic nitrogens is 1. The summed E-state index contributed by atoms with van der Waals surface area (Å²) in [5.41, 5.74) is 0. The van der Waals surface area contributed by atoms with Crippen LogP contribution in [0.1, 0.15) is 0 Å². The number of nitrogens with zero attached hydrogens (tertiary/aromatic N) is 1. The summed E-state index contributed by atoms with van der Waals surface area (Å²) in [6, 6.07) is 5.71. The smallest absolute Gasteiger partial charge is 0.142 e. The Morgan fingerprint density at radius 3 is 2.93 bits per heavy atom. The second-order valence-corrected chi connectivity index (χ2v) is 4.05. The first-order valence-electron chi connectivity index (χ1n) is 4.00. The van der Waals surface area contributed by atoms with Gasteiger partial charge in [0.2, 0.25) is 0 Å². The van der Waals surface area contributed by atoms with E-state index in [1.165, 1.54) is 0 Å². The van der Waals surface area contributed by atoms with Crippen molar-refractivity contribution in [1.82, 2.24) is 4.98 Å². The molecule has 0 fully saturated rings. The predicted octanol–water partition coefficient (Wildman–Crippen LogP) is 3.66. The molecule has 0 spiro atoms. The quantitative estimate of drug-likeness (QED) is 0.739. The molecule has 0 bridgehead atoms. The summed E-state index contributed by atoms with van der Waals surface area (Å²) in [4.78, 5) is 4.02. The van der Waals surface area contributed by atoms with E-state index < -0.39 is 0 Å². The maximum Gasteiger partial charge on any atom is 0.142 e. The molecule has 0 unspecified atom stereocenters. The van der Waals surface area contributed by atoms with Crippen LogP contribution in [0, 0.1) is 0 Å². The Morgan fingerprint density at radius 1 is 1.43 bits per heavy atom. The highest BCUT2D eigenvalue weighted by Crippen LogP contribution is 2.33. The highest BCUT2D eigenvalue weighted by atomic mass is 79.9. The van der Waals surface area contributed by atoms with Gasteiger partial charge < -0.3 is 4.74 Å². The van der Waals surface area contributed by atoms with Crippen molar-refractivity contribution in [1.29, 1.82) is 0 Å². The first-order chi connectivity index (χ1) is 6.72. The van der Waals surface area contributed by atoms with Crippen molar-refractivity contribution in [3.05, 3.63) is 34.0 Å². The van der Waals surface area contributed by atoms with Crippen molar-refractivity contribution in [3.63, 3.8) is 0 Å². The number of ether oxygens (including phenoxy) is 1. The number of methoxy groups -OCH3 is 1. The van der Waals surface area contributed by atoms with E-state index in [9.17, 15) is 0 Å². The minimum absolute atomic E-state index is 0.488. The van der Waals surface area contributed by atoms with E-state index in [4.69, 9.17) is 16.3 Å². The zero-order valence-corrected chi connectivity index (χ0v) is 9.76. The normalized spacial score (nSPS) is 10.5. The molecule has 1 aromatic heterocycles. The molecule has 0 aliphatic carbocycles. The van der Waals surface area contributed by atoms with Gasteiger partial charge in [0.15, 0.2) is 0 Å². The fourth-order valence-electron chi connectivity index (χ4n) is 1.35. The first-order valence-corrected chi connectivity index (χ1v) is 5.17. The van der Waals surface area contributed by atoms with Crippen LogP contribution in [0.2, 0.25) is 5.15 Å². The lowest BCUT2D eigenvalue weighted by Crippen LogP contribution is -1.87. The van der Waals surface area contributed by atoms with Gasteiger partial charge in [0.05, 0.1) is 11.6 Å². The molecule has 2 aromatic rings. The number of rotatable bonds is 1. The Kier molecular flexibility index (Phi) is 2.61. The molecular formula is C10H7BrClNO. The molecule has 14 heavy (non-hydrogen) atoms. The molecule has 0 atom stereocenters. The van der Waals surface area contributed by atoms with Crippen molar-refractivity contribution in [2.45, 2.75) is 0 Å². The molecule has 0 saturated heterocycles. The van der Waals surface area contributed by atoms with Crippen LogP contribution in [0.4, 0.5) is 0 Å². The average molecular weight is 273 g/mol. The van der Waals surface area contributed by atoms with Crippen molar-refractivity contribution in [2.24, 2.45) is 0 Å². The number of pyridine rings is 1. The van der Waals surface area contributed by atoms with Crippen LogP contribution in [0.25, 0.3) is 10.8 Å². The van der Waals surface area contributed by atoms with Crippen molar-refractivity contribution in [2.75, 3.05) is 7.11 Å². The van der Waals surface area contributed by atoms with E-state index in [-0.39, 0.29) is 0 Å². The number of benzene rings is 1. The molecule has 4 heteroatoms. The van der Waals surface area contributed by atoms with E-state index in [1.54, 1.807) is 13.3 Å². The van der Waals surface area contributed by atoms with E-state index in [0.717, 1.165) is 21.0 Å². The van der Waals surface area contributed by atoms with Crippen molar-refractivity contribution >= 4 is 38.3 Å². The summed E-state index contributed by atoms with van der Waals surface area (Å²) in [5, 5.41) is 2.46. The van der Waals surface area contributed by atoms with Crippen LogP contribution in [-0.4, -0.2) is 12.1 Å². The second kappa shape index (κ2) is 3.75. The molecular weight excluding hydrogens is 265 g/mol. The number of hydrogen-bond acceptors (Lipinski definition) is 2. The summed E-state index contributed by atoms with van der Waals surface area (Å²) >= 11 is 9.20. The first kappa shape index (κ1) is 9.74. The van der Waals surface area contributed by atoms with E-state index in [1.807, 2.05) is 18.2 Å². The van der Waals surface area contributed by atoms with Crippen LogP contribution >= 0.6 is 27.5 Å². The van der Waals surface area contributed by atoms with Crippen molar-refractivity contribution < 1.29 is 4.74 Å². The van der Waals surface area contributed by atoms with Gasteiger partial charge in [-0.2, -0.15) is 0 Å². The lowest BCUT2D eigenvalue weighted by molar-refractivity contribution is 0.417. The van der Waals surface area contributed by atoms with Gasteiger partial charge in [-0.25, -0.2) is 4.98 Å². The van der Waals surface area contributed by atoms with Gasteiger partial charge in [0.1, 0.15) is 10.9 Å². The molecule has 72 valence electrons. The van der Waals surface area contributed by atoms with Gasteiger partial charge in [0, 0.05) is 11.6 Å². The Labute approximate surface area is 95.0 Å². The van der Waals surface area contributed by atoms with Crippen LogP contribution in [-0.2, 0) is 0 Å². The van der Waals surface area contributed by atoms with Crippen LogP contribution < -0.4 is 4.74 Å². The van der Waals surface area contributed by atoms with Gasteiger partial charge in [-0.3, -0.25) is 0 Å². The molecule has 0 aliphatic rings. The largest absolute Gasteiger partial charge is 0.495 e. The lowest BCUT2D eigenvalue weighted by atomic mass is 10.1. The third-order valence-corrected chi connectivity index (χ3v) is 2.81. The summed E-state index contributed by atoms with van der Waals surface area (Å²) in [6.45, 7) is 0.